The summed E-state index contributed by atoms with van der Waals surface area (Å²) in [4.78, 5) is 151. The molecular formula is C75H113N15O14. The fourth-order valence-corrected chi connectivity index (χ4v) is 9.53. The van der Waals surface area contributed by atoms with Crippen molar-refractivity contribution >= 4 is 77.0 Å². The van der Waals surface area contributed by atoms with Crippen LogP contribution in [0.5, 0.6) is 0 Å². The maximum atomic E-state index is 14.4. The van der Waals surface area contributed by atoms with Gasteiger partial charge in [-0.25, -0.2) is 4.79 Å². The average Bonchev–Trinajstić information content (AvgIpc) is 0.731. The first kappa shape index (κ1) is 65.7. The molecule has 0 heterocycles. The lowest BCUT2D eigenvalue weighted by atomic mass is 9.89. The van der Waals surface area contributed by atoms with Crippen LogP contribution in [0.3, 0.4) is 0 Å². The lowest BCUT2D eigenvalue weighted by Crippen LogP contribution is -2.51. The van der Waals surface area contributed by atoms with Crippen LogP contribution in [0.15, 0.2) is 131 Å². The zero-order chi connectivity index (χ0) is 92.1. The fraction of sp³-hybridized carbons (Fsp3) is 0.507. The molecule has 572 valence electrons. The maximum absolute atomic E-state index is 14.4. The van der Waals surface area contributed by atoms with Crippen LogP contribution in [0.4, 0.5) is 4.79 Å². The molecule has 8 atom stereocenters. The van der Waals surface area contributed by atoms with E-state index in [4.69, 9.17) is 87.2 Å². The van der Waals surface area contributed by atoms with Crippen LogP contribution in [0.25, 0.3) is 0 Å². The first-order chi connectivity index (χ1) is 55.0. The van der Waals surface area contributed by atoms with E-state index in [2.05, 4.69) is 20.6 Å². The van der Waals surface area contributed by atoms with Gasteiger partial charge in [-0.2, -0.15) is 0 Å². The normalized spacial score (nSPS) is 16.7. The fourth-order valence-electron chi connectivity index (χ4n) is 9.53. The summed E-state index contributed by atoms with van der Waals surface area (Å²) in [5.74, 6) is -14.1. The first-order valence-corrected chi connectivity index (χ1v) is 33.1. The topological polar surface area (TPSA) is 519 Å². The molecule has 0 aliphatic carbocycles. The number of carboxylic acid groups (broad SMARTS) is 1. The Balaban J connectivity index is 0.000000798. The van der Waals surface area contributed by atoms with Gasteiger partial charge in [-0.05, 0) is 160 Å². The standard InChI is InChI=1S/C42H63N7O8.C31H46N8O4.C2H4O2/c1-41(2,3)56-35(51)27-31(25-29-18-11-8-12-19-29)38(54)48-32(21-15-23-46-39(44)45)34(50)26-30(24-28-16-9-7-10-17-28)37(53)49-33(36(43)52)20-13-14-22-47-40(55)57-42(4,5)6;32-16-8-7-14-26(28(34)41)39-29(42)23(18-21-10-3-1-4-11-21)20-27(40)25(15-9-17-37-31(35)36)38-30(43)24(33)19-22-12-5-2-6-13-22;1-2(3)4/h7-12,16-19,30-33H,13-15,20-27H2,1-6H3,(H2,43,52)(H,47,55)(H,48,54)(H,49,53)(H4,44,45,46);1-6,10-13,23-26H,7-9,14-20,32-33H2,(H2,34,41)(H,38,43)(H,39,42)(H4,35,36,37);1H3,(H,3,4)/t30-,31-,32-,33+;23-,24+,25-,26+;/m11./s1/i13D2,14D2,20D2,22D2;7D2,8D2,14D2,16D2;. The minimum atomic E-state index is -4.05. The van der Waals surface area contributed by atoms with Gasteiger partial charge in [0, 0.05) is 73.1 Å². The summed E-state index contributed by atoms with van der Waals surface area (Å²) >= 11 is 0. The van der Waals surface area contributed by atoms with Gasteiger partial charge in [0.25, 0.3) is 5.97 Å². The average molecular weight is 1460 g/mol. The molecule has 22 N–H and O–H groups in total. The van der Waals surface area contributed by atoms with Crippen molar-refractivity contribution < 1.29 is 89.3 Å². The van der Waals surface area contributed by atoms with Crippen LogP contribution in [-0.4, -0.2) is 150 Å². The summed E-state index contributed by atoms with van der Waals surface area (Å²) in [7, 11) is 0. The van der Waals surface area contributed by atoms with E-state index >= 15 is 0 Å². The molecule has 7 amide bonds. The number of carbonyl (C=O) groups is 11. The number of Topliss-reactive ketones (excluding diaryl/α,β-unsaturated/α-hetero) is 2. The third-order valence-corrected chi connectivity index (χ3v) is 14.1. The number of amides is 7. The van der Waals surface area contributed by atoms with Gasteiger partial charge in [-0.1, -0.05) is 121 Å². The number of nitrogens with zero attached hydrogens (tertiary/aromatic N) is 2. The molecule has 0 aromatic heterocycles. The van der Waals surface area contributed by atoms with Crippen molar-refractivity contribution in [3.63, 3.8) is 0 Å². The Bertz CT molecular complexity index is 4140. The predicted molar refractivity (Wildman–Crippen MR) is 399 cm³/mol. The highest BCUT2D eigenvalue weighted by Gasteiger charge is 2.35. The predicted octanol–water partition coefficient (Wildman–Crippen LogP) is 3.70. The first-order valence-electron chi connectivity index (χ1n) is 41.1. The summed E-state index contributed by atoms with van der Waals surface area (Å²) in [5.41, 5.74) is 44.5. The zero-order valence-electron chi connectivity index (χ0n) is 75.6. The number of aliphatic carboxylic acids is 1. The molecule has 0 aliphatic rings. The highest BCUT2D eigenvalue weighted by Crippen LogP contribution is 2.22. The number of rotatable bonds is 43. The van der Waals surface area contributed by atoms with E-state index in [-0.39, 0.29) is 82.8 Å². The molecule has 0 aliphatic heterocycles. The van der Waals surface area contributed by atoms with Gasteiger partial charge < -0.3 is 87.0 Å². The van der Waals surface area contributed by atoms with E-state index in [9.17, 15) is 47.9 Å². The molecule has 0 saturated heterocycles. The molecule has 4 aromatic carbocycles. The molecule has 0 bridgehead atoms. The van der Waals surface area contributed by atoms with Crippen molar-refractivity contribution in [2.75, 3.05) is 26.1 Å². The van der Waals surface area contributed by atoms with Gasteiger partial charge in [0.2, 0.25) is 35.4 Å². The second kappa shape index (κ2) is 48.6. The third-order valence-electron chi connectivity index (χ3n) is 14.1. The van der Waals surface area contributed by atoms with E-state index in [0.29, 0.717) is 16.7 Å². The van der Waals surface area contributed by atoms with Gasteiger partial charge in [-0.3, -0.25) is 57.9 Å². The SMILES string of the molecule is CC(=O)O.[2H]C([2H])(N)C([2H])([2H])C([2H])([2H])C([2H])([2H])[C@H](NC(=O)[C@@H](CC(=O)[C@@H](CCCN=C(N)N)NC(=O)[C@@H](N)Cc1ccccc1)Cc1ccccc1)C(N)=O.[2H]C([2H])(NC(=O)OC(C)(C)C)C([2H])([2H])C([2H])([2H])C([2H])([2H])[C@H](NC(=O)[C@@H](CC(=O)[C@@H](CCCN=C(N)N)NC(=O)[C@@H](CC(=O)OC(C)(C)C)Cc1ccccc1)Cc1ccccc1)C(N)=O. The summed E-state index contributed by atoms with van der Waals surface area (Å²) in [6.45, 7) is 3.41. The van der Waals surface area contributed by atoms with Crippen LogP contribution >= 0.6 is 0 Å². The number of hydrogen-bond acceptors (Lipinski definition) is 17. The quantitative estimate of drug-likeness (QED) is 0.0130. The summed E-state index contributed by atoms with van der Waals surface area (Å²) < 4.78 is 143. The van der Waals surface area contributed by atoms with Crippen molar-refractivity contribution in [3.05, 3.63) is 144 Å². The molecule has 0 saturated carbocycles. The maximum Gasteiger partial charge on any atom is 0.407 e. The lowest BCUT2D eigenvalue weighted by molar-refractivity contribution is -0.157. The Labute approximate surface area is 633 Å². The molecule has 0 unspecified atom stereocenters. The van der Waals surface area contributed by atoms with Crippen molar-refractivity contribution in [3.8, 4) is 0 Å². The number of aliphatic imine (C=N–C) groups is 2. The zero-order valence-corrected chi connectivity index (χ0v) is 59.6. The van der Waals surface area contributed by atoms with E-state index in [1.54, 1.807) is 147 Å². The van der Waals surface area contributed by atoms with E-state index in [1.165, 1.54) is 20.8 Å². The third kappa shape index (κ3) is 41.6. The molecule has 4 rings (SSSR count). The number of esters is 1. The number of ketones is 2. The van der Waals surface area contributed by atoms with Gasteiger partial charge in [0.15, 0.2) is 23.5 Å². The van der Waals surface area contributed by atoms with Crippen LogP contribution in [-0.2, 0) is 83.1 Å². The number of nitrogens with one attached hydrogen (secondary N) is 5. The number of carbonyl (C=O) groups excluding carboxylic acids is 10. The largest absolute Gasteiger partial charge is 0.481 e. The number of hydrogen-bond donors (Lipinski definition) is 14. The highest BCUT2D eigenvalue weighted by atomic mass is 16.6. The van der Waals surface area contributed by atoms with Crippen molar-refractivity contribution in [2.24, 2.45) is 73.6 Å². The number of carboxylic acids is 1. The molecule has 0 fully saturated rings. The molecule has 104 heavy (non-hydrogen) atoms. The van der Waals surface area contributed by atoms with Crippen molar-refractivity contribution in [1.82, 2.24) is 26.6 Å². The molecule has 4 aromatic rings. The Morgan fingerprint density at radius 3 is 1.13 bits per heavy atom. The molecule has 29 nitrogen and oxygen atoms in total. The van der Waals surface area contributed by atoms with E-state index in [1.807, 2.05) is 10.6 Å². The summed E-state index contributed by atoms with van der Waals surface area (Å²) in [6.07, 6.45) is -26.0. The second-order valence-corrected chi connectivity index (χ2v) is 25.5. The highest BCUT2D eigenvalue weighted by molar-refractivity contribution is 5.96. The Hall–Kier alpha value is -10.3. The van der Waals surface area contributed by atoms with Crippen LogP contribution in [0.1, 0.15) is 176 Å². The number of ether oxygens (including phenoxy) is 2. The second-order valence-electron chi connectivity index (χ2n) is 25.5. The minimum absolute atomic E-state index is 0.0297. The summed E-state index contributed by atoms with van der Waals surface area (Å²) in [5, 5.41) is 18.4. The van der Waals surface area contributed by atoms with Crippen molar-refractivity contribution in [2.45, 2.75) is 199 Å². The number of nitrogens with two attached hydrogens (primary N) is 8. The van der Waals surface area contributed by atoms with Gasteiger partial charge >= 0.3 is 12.1 Å². The Morgan fingerprint density at radius 2 is 0.798 bits per heavy atom. The molecule has 0 radical (unpaired) electrons. The summed E-state index contributed by atoms with van der Waals surface area (Å²) in [6, 6.07) is 25.4. The van der Waals surface area contributed by atoms with Gasteiger partial charge in [0.1, 0.15) is 23.3 Å². The van der Waals surface area contributed by atoms with E-state index < -0.39 is 188 Å². The van der Waals surface area contributed by atoms with Crippen molar-refractivity contribution in [1.29, 1.82) is 0 Å². The number of guanidine groups is 2. The Kier molecular flexibility index (Phi) is 30.7. The number of benzene rings is 4. The monoisotopic (exact) mass is 1460 g/mol. The van der Waals surface area contributed by atoms with E-state index in [0.717, 1.165) is 12.5 Å². The van der Waals surface area contributed by atoms with Gasteiger partial charge in [0.05, 0.1) is 30.5 Å². The molecular weight excluding hydrogens is 1330 g/mol. The minimum Gasteiger partial charge on any atom is -0.481 e. The molecule has 29 heteroatoms. The van der Waals surface area contributed by atoms with Crippen LogP contribution in [0.2, 0.25) is 0 Å². The number of primary amides is 2. The van der Waals surface area contributed by atoms with Crippen LogP contribution < -0.4 is 72.5 Å². The smallest absolute Gasteiger partial charge is 0.407 e. The van der Waals surface area contributed by atoms with Gasteiger partial charge in [-0.15, -0.1) is 0 Å². The molecule has 0 spiro atoms. The Morgan fingerprint density at radius 1 is 0.471 bits per heavy atom. The van der Waals surface area contributed by atoms with Crippen LogP contribution in [0, 0.1) is 17.8 Å². The number of alkyl carbamates (subject to hydrolysis) is 1. The lowest BCUT2D eigenvalue weighted by Gasteiger charge is -2.26.